The molecule has 0 fully saturated rings. The van der Waals surface area contributed by atoms with E-state index in [9.17, 15) is 26.3 Å². The molecule has 150 valence electrons. The van der Waals surface area contributed by atoms with Crippen LogP contribution in [-0.2, 0) is 0 Å². The van der Waals surface area contributed by atoms with E-state index < -0.39 is 24.2 Å². The first-order valence-electron chi connectivity index (χ1n) is 7.17. The summed E-state index contributed by atoms with van der Waals surface area (Å²) in [7, 11) is 0. The highest BCUT2D eigenvalue weighted by Crippen LogP contribution is 2.39. The van der Waals surface area contributed by atoms with Crippen LogP contribution in [0, 0.1) is 0 Å². The molecular weight excluding hydrogens is 404 g/mol. The maximum Gasteiger partial charge on any atom is 0.573 e. The van der Waals surface area contributed by atoms with Crippen LogP contribution in [0.5, 0.6) is 17.2 Å². The van der Waals surface area contributed by atoms with Crippen molar-refractivity contribution in [1.82, 2.24) is 0 Å². The van der Waals surface area contributed by atoms with Gasteiger partial charge in [-0.1, -0.05) is 24.3 Å². The van der Waals surface area contributed by atoms with Gasteiger partial charge in [-0.15, -0.1) is 38.7 Å². The Balaban J connectivity index is 0.00000364. The minimum Gasteiger partial charge on any atom is -0.488 e. The number of alkyl halides is 6. The molecule has 0 saturated carbocycles. The number of hydrogen-bond acceptors (Lipinski definition) is 4. The number of halogens is 7. The van der Waals surface area contributed by atoms with E-state index in [1.165, 1.54) is 18.2 Å². The average Bonchev–Trinajstić information content (AvgIpc) is 2.51. The van der Waals surface area contributed by atoms with Crippen molar-refractivity contribution in [3.8, 4) is 28.4 Å². The summed E-state index contributed by atoms with van der Waals surface area (Å²) in [5, 5.41) is 0. The van der Waals surface area contributed by atoms with Crippen LogP contribution in [-0.4, -0.2) is 25.9 Å². The molecular formula is C16H14ClF6NO3. The van der Waals surface area contributed by atoms with Crippen LogP contribution in [0.4, 0.5) is 26.3 Å². The second-order valence-electron chi connectivity index (χ2n) is 4.89. The highest BCUT2D eigenvalue weighted by Gasteiger charge is 2.33. The third-order valence-electron chi connectivity index (χ3n) is 2.97. The van der Waals surface area contributed by atoms with Crippen molar-refractivity contribution in [2.45, 2.75) is 12.7 Å². The summed E-state index contributed by atoms with van der Waals surface area (Å²) >= 11 is 0. The molecule has 2 aromatic rings. The van der Waals surface area contributed by atoms with Gasteiger partial charge in [-0.2, -0.15) is 0 Å². The summed E-state index contributed by atoms with van der Waals surface area (Å²) in [4.78, 5) is 0. The summed E-state index contributed by atoms with van der Waals surface area (Å²) in [5.74, 6) is -1.45. The molecule has 0 aromatic heterocycles. The Bertz CT molecular complexity index is 752. The first-order chi connectivity index (χ1) is 12.1. The fourth-order valence-electron chi connectivity index (χ4n) is 2.09. The van der Waals surface area contributed by atoms with Crippen LogP contribution in [0.3, 0.4) is 0 Å². The van der Waals surface area contributed by atoms with Crippen LogP contribution >= 0.6 is 12.4 Å². The lowest BCUT2D eigenvalue weighted by atomic mass is 10.0. The Labute approximate surface area is 156 Å². The first-order valence-corrected chi connectivity index (χ1v) is 7.17. The van der Waals surface area contributed by atoms with Crippen molar-refractivity contribution in [3.63, 3.8) is 0 Å². The van der Waals surface area contributed by atoms with Gasteiger partial charge in [0.2, 0.25) is 0 Å². The molecule has 0 amide bonds. The number of ether oxygens (including phenoxy) is 3. The van der Waals surface area contributed by atoms with E-state index in [4.69, 9.17) is 10.5 Å². The molecule has 2 N–H and O–H groups in total. The van der Waals surface area contributed by atoms with Gasteiger partial charge in [0.25, 0.3) is 0 Å². The summed E-state index contributed by atoms with van der Waals surface area (Å²) in [6, 6.07) is 8.43. The van der Waals surface area contributed by atoms with Gasteiger partial charge in [0.05, 0.1) is 0 Å². The normalized spacial score (nSPS) is 11.5. The zero-order valence-corrected chi connectivity index (χ0v) is 14.3. The van der Waals surface area contributed by atoms with Gasteiger partial charge < -0.3 is 19.9 Å². The zero-order valence-electron chi connectivity index (χ0n) is 13.4. The number of hydrogen-bond donors (Lipinski definition) is 1. The second-order valence-corrected chi connectivity index (χ2v) is 4.89. The summed E-state index contributed by atoms with van der Waals surface area (Å²) < 4.78 is 87.9. The third-order valence-corrected chi connectivity index (χ3v) is 2.97. The highest BCUT2D eigenvalue weighted by atomic mass is 35.5. The molecule has 27 heavy (non-hydrogen) atoms. The standard InChI is InChI=1S/C16H13F6NO3.ClH/c17-15(18,19)25-12-4-2-1-3-11(12)10-5-6-13(26-16(20,21)22)14(9-10)24-8-7-23;/h1-6,9H,7-8,23H2;1H. The van der Waals surface area contributed by atoms with Gasteiger partial charge in [-0.25, -0.2) is 0 Å². The second kappa shape index (κ2) is 9.05. The summed E-state index contributed by atoms with van der Waals surface area (Å²) in [5.41, 5.74) is 5.42. The van der Waals surface area contributed by atoms with E-state index in [1.807, 2.05) is 0 Å². The molecule has 11 heteroatoms. The maximum absolute atomic E-state index is 12.5. The number of para-hydroxylation sites is 1. The highest BCUT2D eigenvalue weighted by molar-refractivity contribution is 5.85. The monoisotopic (exact) mass is 417 g/mol. The van der Waals surface area contributed by atoms with Crippen molar-refractivity contribution < 1.29 is 40.6 Å². The van der Waals surface area contributed by atoms with Crippen LogP contribution in [0.25, 0.3) is 11.1 Å². The Morgan fingerprint density at radius 3 is 1.96 bits per heavy atom. The van der Waals surface area contributed by atoms with Crippen molar-refractivity contribution in [3.05, 3.63) is 42.5 Å². The van der Waals surface area contributed by atoms with Gasteiger partial charge >= 0.3 is 12.7 Å². The molecule has 0 aliphatic carbocycles. The number of rotatable bonds is 6. The van der Waals surface area contributed by atoms with Crippen LogP contribution in [0.2, 0.25) is 0 Å². The minimum absolute atomic E-state index is 0. The predicted octanol–water partition coefficient (Wildman–Crippen LogP) is 4.91. The molecule has 0 spiro atoms. The minimum atomic E-state index is -4.96. The Hall–Kier alpha value is -2.33. The lowest BCUT2D eigenvalue weighted by Gasteiger charge is -2.17. The predicted molar refractivity (Wildman–Crippen MR) is 87.0 cm³/mol. The van der Waals surface area contributed by atoms with Gasteiger partial charge in [0.15, 0.2) is 11.5 Å². The van der Waals surface area contributed by atoms with Crippen molar-refractivity contribution in [2.75, 3.05) is 13.2 Å². The molecule has 0 atom stereocenters. The third kappa shape index (κ3) is 7.06. The molecule has 0 unspecified atom stereocenters. The SMILES string of the molecule is Cl.NCCOc1cc(-c2ccccc2OC(F)(F)F)ccc1OC(F)(F)F. The molecule has 0 radical (unpaired) electrons. The van der Waals surface area contributed by atoms with Crippen molar-refractivity contribution in [2.24, 2.45) is 5.73 Å². The molecule has 0 aliphatic heterocycles. The zero-order chi connectivity index (χ0) is 19.4. The van der Waals surface area contributed by atoms with Gasteiger partial charge in [-0.3, -0.25) is 0 Å². The molecule has 0 bridgehead atoms. The Morgan fingerprint density at radius 1 is 0.778 bits per heavy atom. The average molecular weight is 418 g/mol. The topological polar surface area (TPSA) is 53.7 Å². The van der Waals surface area contributed by atoms with Crippen LogP contribution in [0.15, 0.2) is 42.5 Å². The molecule has 2 aromatic carbocycles. The first kappa shape index (κ1) is 22.7. The van der Waals surface area contributed by atoms with E-state index in [0.717, 1.165) is 24.3 Å². The van der Waals surface area contributed by atoms with E-state index >= 15 is 0 Å². The van der Waals surface area contributed by atoms with Crippen LogP contribution < -0.4 is 19.9 Å². The molecule has 0 aliphatic rings. The van der Waals surface area contributed by atoms with E-state index in [1.54, 1.807) is 0 Å². The molecule has 0 saturated heterocycles. The molecule has 2 rings (SSSR count). The van der Waals surface area contributed by atoms with E-state index in [-0.39, 0.29) is 42.4 Å². The van der Waals surface area contributed by atoms with Gasteiger partial charge in [0, 0.05) is 12.1 Å². The van der Waals surface area contributed by atoms with Crippen molar-refractivity contribution >= 4 is 12.4 Å². The fraction of sp³-hybridized carbons (Fsp3) is 0.250. The maximum atomic E-state index is 12.5. The van der Waals surface area contributed by atoms with Gasteiger partial charge in [0.1, 0.15) is 12.4 Å². The Morgan fingerprint density at radius 2 is 1.37 bits per heavy atom. The lowest BCUT2D eigenvalue weighted by Crippen LogP contribution is -2.19. The number of nitrogens with two attached hydrogens (primary N) is 1. The number of benzene rings is 2. The summed E-state index contributed by atoms with van der Waals surface area (Å²) in [6.45, 7) is -0.0954. The molecule has 4 nitrogen and oxygen atoms in total. The largest absolute Gasteiger partial charge is 0.573 e. The van der Waals surface area contributed by atoms with E-state index in [0.29, 0.717) is 0 Å². The smallest absolute Gasteiger partial charge is 0.488 e. The van der Waals surface area contributed by atoms with Crippen molar-refractivity contribution in [1.29, 1.82) is 0 Å². The fourth-order valence-corrected chi connectivity index (χ4v) is 2.09. The molecule has 0 heterocycles. The van der Waals surface area contributed by atoms with Gasteiger partial charge in [-0.05, 0) is 23.8 Å². The lowest BCUT2D eigenvalue weighted by molar-refractivity contribution is -0.275. The quantitative estimate of drug-likeness (QED) is 0.679. The summed E-state index contributed by atoms with van der Waals surface area (Å²) in [6.07, 6.45) is -9.88. The van der Waals surface area contributed by atoms with E-state index in [2.05, 4.69) is 9.47 Å². The van der Waals surface area contributed by atoms with Crippen LogP contribution in [0.1, 0.15) is 0 Å². The Kier molecular flexibility index (Phi) is 7.61.